The fourth-order valence-electron chi connectivity index (χ4n) is 3.21. The summed E-state index contributed by atoms with van der Waals surface area (Å²) in [5.41, 5.74) is 1.80. The lowest BCUT2D eigenvalue weighted by atomic mass is 10.0. The highest BCUT2D eigenvalue weighted by molar-refractivity contribution is 5.83. The molecule has 2 heterocycles. The molecule has 1 N–H and O–H groups in total. The lowest BCUT2D eigenvalue weighted by Gasteiger charge is -2.31. The summed E-state index contributed by atoms with van der Waals surface area (Å²) in [6, 6.07) is 12.9. The number of piperidine rings is 1. The molecule has 0 unspecified atom stereocenters. The summed E-state index contributed by atoms with van der Waals surface area (Å²) in [4.78, 5) is 26.8. The Balaban J connectivity index is 1.77. The zero-order valence-electron chi connectivity index (χ0n) is 14.6. The minimum absolute atomic E-state index is 0.0436. The van der Waals surface area contributed by atoms with Crippen molar-refractivity contribution in [3.05, 3.63) is 70.1 Å². The van der Waals surface area contributed by atoms with Gasteiger partial charge < -0.3 is 9.47 Å². The van der Waals surface area contributed by atoms with Crippen molar-refractivity contribution in [2.45, 2.75) is 31.8 Å². The first-order valence-electron chi connectivity index (χ1n) is 8.88. The van der Waals surface area contributed by atoms with Crippen LogP contribution in [-0.4, -0.2) is 28.5 Å². The molecule has 1 atom stereocenters. The monoisotopic (exact) mass is 339 g/mol. The van der Waals surface area contributed by atoms with Crippen molar-refractivity contribution in [3.63, 3.8) is 0 Å². The molecule has 25 heavy (non-hydrogen) atoms. The summed E-state index contributed by atoms with van der Waals surface area (Å²) < 4.78 is 1.54. The van der Waals surface area contributed by atoms with Crippen LogP contribution in [0.25, 0.3) is 0 Å². The van der Waals surface area contributed by atoms with Gasteiger partial charge in [-0.25, -0.2) is 0 Å². The molecule has 132 valence electrons. The molecule has 1 aliphatic rings. The van der Waals surface area contributed by atoms with Crippen LogP contribution in [0.1, 0.15) is 36.4 Å². The highest BCUT2D eigenvalue weighted by atomic mass is 16.2. The number of benzene rings is 1. The summed E-state index contributed by atoms with van der Waals surface area (Å²) in [5, 5.41) is 3.36. The van der Waals surface area contributed by atoms with Gasteiger partial charge in [-0.2, -0.15) is 0 Å². The van der Waals surface area contributed by atoms with Crippen LogP contribution in [0, 0.1) is 0 Å². The van der Waals surface area contributed by atoms with E-state index in [4.69, 9.17) is 0 Å². The quantitative estimate of drug-likeness (QED) is 0.909. The molecule has 1 aromatic carbocycles. The van der Waals surface area contributed by atoms with Gasteiger partial charge in [0.2, 0.25) is 5.91 Å². The molecule has 2 aromatic rings. The lowest BCUT2D eigenvalue weighted by molar-refractivity contribution is -0.134. The number of carbonyl (C=O) groups excluding carboxylic acids is 1. The van der Waals surface area contributed by atoms with Gasteiger partial charge in [-0.1, -0.05) is 30.3 Å². The fraction of sp³-hybridized carbons (Fsp3) is 0.400. The number of aromatic nitrogens is 1. The second kappa shape index (κ2) is 8.12. The fourth-order valence-corrected chi connectivity index (χ4v) is 3.21. The third-order valence-electron chi connectivity index (χ3n) is 4.73. The van der Waals surface area contributed by atoms with E-state index in [9.17, 15) is 9.59 Å². The summed E-state index contributed by atoms with van der Waals surface area (Å²) in [7, 11) is 1.73. The first-order chi connectivity index (χ1) is 12.1. The topological polar surface area (TPSA) is 54.3 Å². The Morgan fingerprint density at radius 2 is 1.84 bits per heavy atom. The number of likely N-dealkylation sites (tertiary alicyclic amines) is 1. The molecule has 0 aliphatic carbocycles. The molecule has 1 fully saturated rings. The molecule has 1 amide bonds. The highest BCUT2D eigenvalue weighted by Gasteiger charge is 2.26. The SMILES string of the molecule is Cn1ccc(CN[C@H](C(=O)N2CCCCC2)c2ccccc2)cc1=O. The molecule has 5 heteroatoms. The predicted molar refractivity (Wildman–Crippen MR) is 98.1 cm³/mol. The van der Waals surface area contributed by atoms with E-state index in [1.807, 2.05) is 41.3 Å². The first kappa shape index (κ1) is 17.4. The maximum atomic E-state index is 13.0. The number of carbonyl (C=O) groups is 1. The van der Waals surface area contributed by atoms with E-state index in [1.54, 1.807) is 19.3 Å². The average Bonchev–Trinajstić information content (AvgIpc) is 2.66. The normalized spacial score (nSPS) is 15.8. The average molecular weight is 339 g/mol. The van der Waals surface area contributed by atoms with Crippen LogP contribution >= 0.6 is 0 Å². The molecule has 3 rings (SSSR count). The maximum Gasteiger partial charge on any atom is 0.250 e. The largest absolute Gasteiger partial charge is 0.341 e. The van der Waals surface area contributed by atoms with Crippen molar-refractivity contribution in [1.29, 1.82) is 0 Å². The van der Waals surface area contributed by atoms with Crippen molar-refractivity contribution >= 4 is 5.91 Å². The predicted octanol–water partition coefficient (Wildman–Crippen LogP) is 2.23. The van der Waals surface area contributed by atoms with Gasteiger partial charge in [-0.3, -0.25) is 14.9 Å². The Bertz CT molecular complexity index is 764. The van der Waals surface area contributed by atoms with Crippen molar-refractivity contribution in [3.8, 4) is 0 Å². The molecule has 0 radical (unpaired) electrons. The van der Waals surface area contributed by atoms with Crippen LogP contribution in [0.4, 0.5) is 0 Å². The van der Waals surface area contributed by atoms with E-state index in [0.29, 0.717) is 6.54 Å². The minimum atomic E-state index is -0.386. The van der Waals surface area contributed by atoms with Gasteiger partial charge in [0, 0.05) is 38.9 Å². The summed E-state index contributed by atoms with van der Waals surface area (Å²) in [5.74, 6) is 0.120. The van der Waals surface area contributed by atoms with Gasteiger partial charge in [0.1, 0.15) is 6.04 Å². The molecule has 1 aliphatic heterocycles. The number of nitrogens with one attached hydrogen (secondary N) is 1. The zero-order chi connectivity index (χ0) is 17.6. The summed E-state index contributed by atoms with van der Waals surface area (Å²) in [6.45, 7) is 2.14. The highest BCUT2D eigenvalue weighted by Crippen LogP contribution is 2.19. The van der Waals surface area contributed by atoms with Gasteiger partial charge in [0.25, 0.3) is 5.56 Å². The van der Waals surface area contributed by atoms with Gasteiger partial charge in [-0.15, -0.1) is 0 Å². The lowest BCUT2D eigenvalue weighted by Crippen LogP contribution is -2.43. The first-order valence-corrected chi connectivity index (χ1v) is 8.88. The number of aryl methyl sites for hydroxylation is 1. The van der Waals surface area contributed by atoms with Crippen molar-refractivity contribution < 1.29 is 4.79 Å². The van der Waals surface area contributed by atoms with Crippen LogP contribution in [-0.2, 0) is 18.4 Å². The Kier molecular flexibility index (Phi) is 5.66. The molecular weight excluding hydrogens is 314 g/mol. The molecular formula is C20H25N3O2. The van der Waals surface area contributed by atoms with Crippen LogP contribution < -0.4 is 10.9 Å². The maximum absolute atomic E-state index is 13.0. The number of amides is 1. The standard InChI is InChI=1S/C20H25N3O2/c1-22-13-10-16(14-18(22)24)15-21-19(17-8-4-2-5-9-17)20(25)23-11-6-3-7-12-23/h2,4-5,8-10,13-14,19,21H,3,6-7,11-12,15H2,1H3/t19-/m0/s1. The molecule has 5 nitrogen and oxygen atoms in total. The van der Waals surface area contributed by atoms with Crippen LogP contribution in [0.3, 0.4) is 0 Å². The number of hydrogen-bond acceptors (Lipinski definition) is 3. The van der Waals surface area contributed by atoms with E-state index < -0.39 is 0 Å². The number of rotatable bonds is 5. The summed E-state index contributed by atoms with van der Waals surface area (Å²) in [6.07, 6.45) is 5.09. The van der Waals surface area contributed by atoms with E-state index >= 15 is 0 Å². The Morgan fingerprint density at radius 3 is 2.52 bits per heavy atom. The summed E-state index contributed by atoms with van der Waals surface area (Å²) >= 11 is 0. The smallest absolute Gasteiger partial charge is 0.250 e. The second-order valence-electron chi connectivity index (χ2n) is 6.59. The number of hydrogen-bond donors (Lipinski definition) is 1. The van der Waals surface area contributed by atoms with E-state index in [1.165, 1.54) is 11.0 Å². The van der Waals surface area contributed by atoms with Crippen molar-refractivity contribution in [2.24, 2.45) is 7.05 Å². The molecule has 1 aromatic heterocycles. The molecule has 0 spiro atoms. The Morgan fingerprint density at radius 1 is 1.12 bits per heavy atom. The van der Waals surface area contributed by atoms with E-state index in [0.717, 1.165) is 37.1 Å². The van der Waals surface area contributed by atoms with Crippen LogP contribution in [0.5, 0.6) is 0 Å². The van der Waals surface area contributed by atoms with Gasteiger partial charge >= 0.3 is 0 Å². The van der Waals surface area contributed by atoms with Crippen LogP contribution in [0.15, 0.2) is 53.5 Å². The van der Waals surface area contributed by atoms with E-state index in [-0.39, 0.29) is 17.5 Å². The van der Waals surface area contributed by atoms with E-state index in [2.05, 4.69) is 5.32 Å². The minimum Gasteiger partial charge on any atom is -0.341 e. The van der Waals surface area contributed by atoms with Gasteiger partial charge in [-0.05, 0) is 36.5 Å². The molecule has 0 saturated carbocycles. The molecule has 0 bridgehead atoms. The number of pyridine rings is 1. The van der Waals surface area contributed by atoms with Crippen LogP contribution in [0.2, 0.25) is 0 Å². The zero-order valence-corrected chi connectivity index (χ0v) is 14.6. The Hall–Kier alpha value is -2.40. The van der Waals surface area contributed by atoms with Gasteiger partial charge in [0.15, 0.2) is 0 Å². The number of nitrogens with zero attached hydrogens (tertiary/aromatic N) is 2. The van der Waals surface area contributed by atoms with Crippen molar-refractivity contribution in [2.75, 3.05) is 13.1 Å². The third-order valence-corrected chi connectivity index (χ3v) is 4.73. The second-order valence-corrected chi connectivity index (χ2v) is 6.59. The Labute approximate surface area is 148 Å². The van der Waals surface area contributed by atoms with Gasteiger partial charge in [0.05, 0.1) is 0 Å². The van der Waals surface area contributed by atoms with Crippen molar-refractivity contribution in [1.82, 2.24) is 14.8 Å². The molecule has 1 saturated heterocycles. The third kappa shape index (κ3) is 4.37.